The topological polar surface area (TPSA) is 46.2 Å². The molecule has 19 heavy (non-hydrogen) atoms. The van der Waals surface area contributed by atoms with Gasteiger partial charge in [0.25, 0.3) is 0 Å². The van der Waals surface area contributed by atoms with E-state index in [-0.39, 0.29) is 6.54 Å². The molecule has 0 aliphatic rings. The van der Waals surface area contributed by atoms with E-state index in [9.17, 15) is 21.6 Å². The van der Waals surface area contributed by atoms with Crippen molar-refractivity contribution in [2.45, 2.75) is 18.3 Å². The van der Waals surface area contributed by atoms with Crippen molar-refractivity contribution in [2.24, 2.45) is 0 Å². The van der Waals surface area contributed by atoms with Gasteiger partial charge in [-0.05, 0) is 24.0 Å². The number of benzene rings is 1. The van der Waals surface area contributed by atoms with Gasteiger partial charge in [-0.1, -0.05) is 36.9 Å². The van der Waals surface area contributed by atoms with E-state index in [2.05, 4.69) is 6.58 Å². The second kappa shape index (κ2) is 6.21. The van der Waals surface area contributed by atoms with E-state index < -0.39 is 15.5 Å². The molecular weight excluding hydrogens is 279 g/mol. The Hall–Kier alpha value is -1.34. The van der Waals surface area contributed by atoms with E-state index in [4.69, 9.17) is 0 Å². The summed E-state index contributed by atoms with van der Waals surface area (Å²) in [4.78, 5) is 0. The van der Waals surface area contributed by atoms with Gasteiger partial charge in [-0.25, -0.2) is 13.1 Å². The number of sulfonamides is 1. The predicted molar refractivity (Wildman–Crippen MR) is 67.8 cm³/mol. The maximum atomic E-state index is 12.0. The molecule has 1 N–H and O–H groups in total. The zero-order valence-electron chi connectivity index (χ0n) is 10.1. The number of rotatable bonds is 6. The first-order chi connectivity index (χ1) is 8.76. The van der Waals surface area contributed by atoms with Gasteiger partial charge >= 0.3 is 15.5 Å². The van der Waals surface area contributed by atoms with Crippen LogP contribution in [0.25, 0.3) is 6.08 Å². The van der Waals surface area contributed by atoms with E-state index in [1.807, 2.05) is 24.3 Å². The second-order valence-electron chi connectivity index (χ2n) is 3.89. The molecule has 3 nitrogen and oxygen atoms in total. The van der Waals surface area contributed by atoms with E-state index in [0.29, 0.717) is 12.8 Å². The van der Waals surface area contributed by atoms with Crippen molar-refractivity contribution < 1.29 is 21.6 Å². The third-order valence-corrected chi connectivity index (χ3v) is 3.65. The highest BCUT2D eigenvalue weighted by molar-refractivity contribution is 7.90. The van der Waals surface area contributed by atoms with Crippen molar-refractivity contribution in [1.29, 1.82) is 0 Å². The first-order valence-corrected chi connectivity index (χ1v) is 7.02. The van der Waals surface area contributed by atoms with Gasteiger partial charge < -0.3 is 0 Å². The Balaban J connectivity index is 2.41. The summed E-state index contributed by atoms with van der Waals surface area (Å²) in [6.07, 6.45) is 2.47. The molecule has 0 amide bonds. The quantitative estimate of drug-likeness (QED) is 0.820. The maximum Gasteiger partial charge on any atom is 0.511 e. The zero-order chi connectivity index (χ0) is 14.5. The predicted octanol–water partition coefficient (Wildman–Crippen LogP) is 2.70. The normalized spacial score (nSPS) is 12.4. The van der Waals surface area contributed by atoms with Crippen LogP contribution in [-0.4, -0.2) is 20.5 Å². The summed E-state index contributed by atoms with van der Waals surface area (Å²) < 4.78 is 58.9. The smallest absolute Gasteiger partial charge is 0.207 e. The lowest BCUT2D eigenvalue weighted by molar-refractivity contribution is -0.0447. The van der Waals surface area contributed by atoms with E-state index in [1.165, 1.54) is 4.72 Å². The summed E-state index contributed by atoms with van der Waals surface area (Å²) in [7, 11) is -5.23. The Bertz CT molecular complexity index is 521. The van der Waals surface area contributed by atoms with Gasteiger partial charge in [0, 0.05) is 6.54 Å². The van der Waals surface area contributed by atoms with Gasteiger partial charge in [0.15, 0.2) is 0 Å². The largest absolute Gasteiger partial charge is 0.511 e. The van der Waals surface area contributed by atoms with Crippen molar-refractivity contribution in [3.8, 4) is 0 Å². The van der Waals surface area contributed by atoms with Crippen molar-refractivity contribution in [2.75, 3.05) is 6.54 Å². The Morgan fingerprint density at radius 3 is 2.26 bits per heavy atom. The molecule has 0 aromatic heterocycles. The number of hydrogen-bond acceptors (Lipinski definition) is 2. The molecule has 106 valence electrons. The van der Waals surface area contributed by atoms with Crippen LogP contribution < -0.4 is 4.72 Å². The van der Waals surface area contributed by atoms with Gasteiger partial charge in [-0.2, -0.15) is 13.2 Å². The molecule has 0 atom stereocenters. The Morgan fingerprint density at radius 2 is 1.79 bits per heavy atom. The number of hydrogen-bond donors (Lipinski definition) is 1. The van der Waals surface area contributed by atoms with Crippen LogP contribution in [-0.2, 0) is 16.4 Å². The minimum atomic E-state index is -5.25. The van der Waals surface area contributed by atoms with Crippen LogP contribution in [0, 0.1) is 0 Å². The molecule has 0 saturated carbocycles. The minimum absolute atomic E-state index is 0.245. The third kappa shape index (κ3) is 4.68. The summed E-state index contributed by atoms with van der Waals surface area (Å²) in [5.74, 6) is 0. The molecular formula is C12H14F3NO2S. The van der Waals surface area contributed by atoms with Crippen LogP contribution in [0.4, 0.5) is 13.2 Å². The van der Waals surface area contributed by atoms with Crippen LogP contribution in [0.5, 0.6) is 0 Å². The molecule has 1 rings (SSSR count). The Labute approximate surface area is 110 Å². The molecule has 7 heteroatoms. The molecule has 0 fully saturated rings. The zero-order valence-corrected chi connectivity index (χ0v) is 10.9. The molecule has 0 heterocycles. The number of nitrogens with one attached hydrogen (secondary N) is 1. The maximum absolute atomic E-state index is 12.0. The minimum Gasteiger partial charge on any atom is -0.207 e. The lowest BCUT2D eigenvalue weighted by Gasteiger charge is -2.09. The SMILES string of the molecule is C=Cc1ccc(CCCNS(=O)(=O)C(F)(F)F)cc1. The number of alkyl halides is 3. The second-order valence-corrected chi connectivity index (χ2v) is 5.65. The van der Waals surface area contributed by atoms with Crippen LogP contribution in [0.15, 0.2) is 30.8 Å². The van der Waals surface area contributed by atoms with E-state index >= 15 is 0 Å². The molecule has 0 aliphatic carbocycles. The highest BCUT2D eigenvalue weighted by atomic mass is 32.2. The molecule has 0 radical (unpaired) electrons. The fraction of sp³-hybridized carbons (Fsp3) is 0.333. The first-order valence-electron chi connectivity index (χ1n) is 5.53. The average Bonchev–Trinajstić information content (AvgIpc) is 2.34. The fourth-order valence-corrected chi connectivity index (χ4v) is 1.98. The van der Waals surface area contributed by atoms with E-state index in [0.717, 1.165) is 11.1 Å². The van der Waals surface area contributed by atoms with Crippen molar-refractivity contribution in [3.63, 3.8) is 0 Å². The number of halogens is 3. The Kier molecular flexibility index (Phi) is 5.13. The Morgan fingerprint density at radius 1 is 1.21 bits per heavy atom. The fourth-order valence-electron chi connectivity index (χ4n) is 1.40. The lowest BCUT2D eigenvalue weighted by Crippen LogP contribution is -2.37. The number of aryl methyl sites for hydroxylation is 1. The van der Waals surface area contributed by atoms with Gasteiger partial charge in [0.2, 0.25) is 0 Å². The molecule has 0 spiro atoms. The van der Waals surface area contributed by atoms with Crippen LogP contribution in [0.2, 0.25) is 0 Å². The van der Waals surface area contributed by atoms with Crippen molar-refractivity contribution in [1.82, 2.24) is 4.72 Å². The molecule has 0 saturated heterocycles. The summed E-state index contributed by atoms with van der Waals surface area (Å²) in [6, 6.07) is 7.33. The van der Waals surface area contributed by atoms with Gasteiger partial charge in [-0.15, -0.1) is 0 Å². The van der Waals surface area contributed by atoms with Crippen molar-refractivity contribution in [3.05, 3.63) is 42.0 Å². The molecule has 1 aromatic carbocycles. The average molecular weight is 293 g/mol. The first kappa shape index (κ1) is 15.7. The van der Waals surface area contributed by atoms with Gasteiger partial charge in [-0.3, -0.25) is 0 Å². The molecule has 0 aliphatic heterocycles. The summed E-state index contributed by atoms with van der Waals surface area (Å²) in [5, 5.41) is 0. The van der Waals surface area contributed by atoms with Crippen LogP contribution in [0.1, 0.15) is 17.5 Å². The summed E-state index contributed by atoms with van der Waals surface area (Å²) >= 11 is 0. The van der Waals surface area contributed by atoms with E-state index in [1.54, 1.807) is 6.08 Å². The van der Waals surface area contributed by atoms with Crippen LogP contribution in [0.3, 0.4) is 0 Å². The highest BCUT2D eigenvalue weighted by Crippen LogP contribution is 2.21. The summed E-state index contributed by atoms with van der Waals surface area (Å²) in [5.41, 5.74) is -3.38. The van der Waals surface area contributed by atoms with Crippen molar-refractivity contribution >= 4 is 16.1 Å². The highest BCUT2D eigenvalue weighted by Gasteiger charge is 2.45. The third-order valence-electron chi connectivity index (χ3n) is 2.45. The van der Waals surface area contributed by atoms with Gasteiger partial charge in [0.05, 0.1) is 0 Å². The molecule has 0 unspecified atom stereocenters. The van der Waals surface area contributed by atoms with Crippen LogP contribution >= 0.6 is 0 Å². The monoisotopic (exact) mass is 293 g/mol. The standard InChI is InChI=1S/C12H14F3NO2S/c1-2-10-5-7-11(8-6-10)4-3-9-16-19(17,18)12(13,14)15/h2,5-8,16H,1,3-4,9H2. The summed E-state index contributed by atoms with van der Waals surface area (Å²) in [6.45, 7) is 3.36. The molecule has 0 bridgehead atoms. The van der Waals surface area contributed by atoms with Gasteiger partial charge in [0.1, 0.15) is 0 Å². The lowest BCUT2D eigenvalue weighted by atomic mass is 10.1. The molecule has 1 aromatic rings.